The summed E-state index contributed by atoms with van der Waals surface area (Å²) in [7, 11) is -3.91. The fraction of sp³-hybridized carbons (Fsp3) is 0.364. The van der Waals surface area contributed by atoms with E-state index in [1.165, 1.54) is 16.4 Å². The van der Waals surface area contributed by atoms with Crippen molar-refractivity contribution >= 4 is 39.1 Å². The van der Waals surface area contributed by atoms with E-state index in [4.69, 9.17) is 16.3 Å². The molecule has 8 nitrogen and oxygen atoms in total. The van der Waals surface area contributed by atoms with Gasteiger partial charge in [-0.3, -0.25) is 9.59 Å². The third kappa shape index (κ3) is 4.07. The van der Waals surface area contributed by atoms with Gasteiger partial charge in [-0.05, 0) is 50.1 Å². The summed E-state index contributed by atoms with van der Waals surface area (Å²) in [6.45, 7) is 6.37. The first kappa shape index (κ1) is 22.6. The number of piperazine rings is 1. The van der Waals surface area contributed by atoms with E-state index in [1.54, 1.807) is 17.9 Å². The minimum absolute atomic E-state index is 0.00385. The third-order valence-electron chi connectivity index (χ3n) is 5.86. The number of rotatable bonds is 3. The molecule has 2 aliphatic heterocycles. The first-order chi connectivity index (χ1) is 15.1. The average Bonchev–Trinajstić information content (AvgIpc) is 2.76. The summed E-state index contributed by atoms with van der Waals surface area (Å²) in [4.78, 5) is 26.2. The first-order valence-corrected chi connectivity index (χ1v) is 12.1. The van der Waals surface area contributed by atoms with Crippen LogP contribution in [0.2, 0.25) is 5.02 Å². The summed E-state index contributed by atoms with van der Waals surface area (Å²) in [5.41, 5.74) is 3.07. The van der Waals surface area contributed by atoms with Gasteiger partial charge >= 0.3 is 0 Å². The topological polar surface area (TPSA) is 96.0 Å². The van der Waals surface area contributed by atoms with Crippen molar-refractivity contribution in [1.29, 1.82) is 0 Å². The van der Waals surface area contributed by atoms with Crippen LogP contribution in [0.5, 0.6) is 5.75 Å². The number of halogens is 1. The molecule has 0 bridgehead atoms. The highest BCUT2D eigenvalue weighted by Gasteiger charge is 2.34. The summed E-state index contributed by atoms with van der Waals surface area (Å²) in [5, 5.41) is 2.65. The first-order valence-electron chi connectivity index (χ1n) is 10.3. The Bertz CT molecular complexity index is 1210. The van der Waals surface area contributed by atoms with Gasteiger partial charge in [0.05, 0.1) is 10.7 Å². The van der Waals surface area contributed by atoms with Crippen LogP contribution >= 0.6 is 11.6 Å². The Morgan fingerprint density at radius 2 is 1.78 bits per heavy atom. The number of amides is 2. The minimum Gasteiger partial charge on any atom is -0.479 e. The summed E-state index contributed by atoms with van der Waals surface area (Å²) >= 11 is 6.26. The maximum absolute atomic E-state index is 13.3. The van der Waals surface area contributed by atoms with Crippen molar-refractivity contribution in [3.05, 3.63) is 52.0 Å². The highest BCUT2D eigenvalue weighted by molar-refractivity contribution is 7.89. The number of carbonyl (C=O) groups is 2. The molecule has 10 heteroatoms. The van der Waals surface area contributed by atoms with E-state index in [0.29, 0.717) is 11.3 Å². The van der Waals surface area contributed by atoms with Gasteiger partial charge in [0.25, 0.3) is 11.8 Å². The van der Waals surface area contributed by atoms with E-state index < -0.39 is 16.1 Å². The number of aryl methyl sites for hydroxylation is 2. The zero-order valence-corrected chi connectivity index (χ0v) is 19.6. The number of carbonyl (C=O) groups excluding carboxylic acids is 2. The van der Waals surface area contributed by atoms with Gasteiger partial charge in [-0.15, -0.1) is 0 Å². The smallest absolute Gasteiger partial charge is 0.265 e. The van der Waals surface area contributed by atoms with E-state index in [1.807, 2.05) is 26.0 Å². The molecule has 0 saturated carbocycles. The van der Waals surface area contributed by atoms with Crippen molar-refractivity contribution in [3.8, 4) is 5.75 Å². The number of anilines is 1. The summed E-state index contributed by atoms with van der Waals surface area (Å²) < 4.78 is 33.4. The minimum atomic E-state index is -3.91. The van der Waals surface area contributed by atoms with Crippen LogP contribution in [0.25, 0.3) is 0 Å². The SMILES string of the molecule is Cc1ccc(C(=O)N2CCN(S(=O)(=O)c3cc4c(cc3Cl)NC(=O)C(C)O4)CC2)cc1C. The Balaban J connectivity index is 1.51. The Labute approximate surface area is 192 Å². The summed E-state index contributed by atoms with van der Waals surface area (Å²) in [6.07, 6.45) is -0.737. The van der Waals surface area contributed by atoms with Crippen molar-refractivity contribution in [2.45, 2.75) is 31.8 Å². The van der Waals surface area contributed by atoms with Gasteiger partial charge in [0.2, 0.25) is 10.0 Å². The molecule has 2 aromatic carbocycles. The molecule has 1 saturated heterocycles. The van der Waals surface area contributed by atoms with E-state index in [0.717, 1.165) is 11.1 Å². The highest BCUT2D eigenvalue weighted by atomic mass is 35.5. The summed E-state index contributed by atoms with van der Waals surface area (Å²) in [5.74, 6) is -0.188. The molecule has 1 unspecified atom stereocenters. The number of hydrogen-bond acceptors (Lipinski definition) is 5. The van der Waals surface area contributed by atoms with Crippen LogP contribution in [0.1, 0.15) is 28.4 Å². The lowest BCUT2D eigenvalue weighted by Crippen LogP contribution is -2.50. The van der Waals surface area contributed by atoms with E-state index in [2.05, 4.69) is 5.32 Å². The van der Waals surface area contributed by atoms with Gasteiger partial charge in [-0.1, -0.05) is 17.7 Å². The van der Waals surface area contributed by atoms with Crippen LogP contribution in [0.3, 0.4) is 0 Å². The number of sulfonamides is 1. The molecule has 32 heavy (non-hydrogen) atoms. The van der Waals surface area contributed by atoms with Crippen molar-refractivity contribution in [2.24, 2.45) is 0 Å². The molecular formula is C22H24ClN3O5S. The molecule has 1 fully saturated rings. The molecule has 2 heterocycles. The molecule has 2 aliphatic rings. The molecule has 1 atom stereocenters. The van der Waals surface area contributed by atoms with Crippen molar-refractivity contribution < 1.29 is 22.7 Å². The van der Waals surface area contributed by atoms with E-state index >= 15 is 0 Å². The maximum atomic E-state index is 13.3. The van der Waals surface area contributed by atoms with Crippen LogP contribution < -0.4 is 10.1 Å². The number of ether oxygens (including phenoxy) is 1. The number of fused-ring (bicyclic) bond motifs is 1. The highest BCUT2D eigenvalue weighted by Crippen LogP contribution is 2.38. The normalized spacial score (nSPS) is 19.2. The van der Waals surface area contributed by atoms with Crippen molar-refractivity contribution in [2.75, 3.05) is 31.5 Å². The van der Waals surface area contributed by atoms with Gasteiger partial charge < -0.3 is 15.0 Å². The molecule has 0 aromatic heterocycles. The molecular weight excluding hydrogens is 454 g/mol. The second-order valence-electron chi connectivity index (χ2n) is 8.02. The second-order valence-corrected chi connectivity index (χ2v) is 10.3. The quantitative estimate of drug-likeness (QED) is 0.733. The Hall–Kier alpha value is -2.62. The molecule has 170 valence electrons. The lowest BCUT2D eigenvalue weighted by atomic mass is 10.1. The van der Waals surface area contributed by atoms with Gasteiger partial charge in [0.15, 0.2) is 6.10 Å². The van der Waals surface area contributed by atoms with Crippen LogP contribution in [0.15, 0.2) is 35.2 Å². The van der Waals surface area contributed by atoms with Crippen LogP contribution in [-0.2, 0) is 14.8 Å². The maximum Gasteiger partial charge on any atom is 0.265 e. The van der Waals surface area contributed by atoms with Crippen molar-refractivity contribution in [1.82, 2.24) is 9.21 Å². The van der Waals surface area contributed by atoms with Crippen LogP contribution in [0, 0.1) is 13.8 Å². The standard InChI is InChI=1S/C22H24ClN3O5S/c1-13-4-5-16(10-14(13)2)22(28)25-6-8-26(9-7-25)32(29,30)20-12-19-18(11-17(20)23)24-21(27)15(3)31-19/h4-5,10-12,15H,6-9H2,1-3H3,(H,24,27). The predicted molar refractivity (Wildman–Crippen MR) is 121 cm³/mol. The molecule has 2 amide bonds. The Kier molecular flexibility index (Phi) is 5.91. The zero-order valence-electron chi connectivity index (χ0n) is 18.0. The third-order valence-corrected chi connectivity index (χ3v) is 8.23. The lowest BCUT2D eigenvalue weighted by Gasteiger charge is -2.34. The number of benzene rings is 2. The largest absolute Gasteiger partial charge is 0.479 e. The number of nitrogens with zero attached hydrogens (tertiary/aromatic N) is 2. The van der Waals surface area contributed by atoms with E-state index in [-0.39, 0.29) is 53.7 Å². The molecule has 1 N–H and O–H groups in total. The molecule has 0 radical (unpaired) electrons. The molecule has 0 spiro atoms. The van der Waals surface area contributed by atoms with E-state index in [9.17, 15) is 18.0 Å². The van der Waals surface area contributed by atoms with Crippen molar-refractivity contribution in [3.63, 3.8) is 0 Å². The average molecular weight is 478 g/mol. The Morgan fingerprint density at radius 1 is 1.09 bits per heavy atom. The molecule has 2 aromatic rings. The second kappa shape index (κ2) is 8.38. The number of nitrogens with one attached hydrogen (secondary N) is 1. The Morgan fingerprint density at radius 3 is 2.44 bits per heavy atom. The fourth-order valence-corrected chi connectivity index (χ4v) is 5.67. The fourth-order valence-electron chi connectivity index (χ4n) is 3.73. The molecule has 0 aliphatic carbocycles. The monoisotopic (exact) mass is 477 g/mol. The molecule has 4 rings (SSSR count). The van der Waals surface area contributed by atoms with Gasteiger partial charge in [0, 0.05) is 37.8 Å². The number of hydrogen-bond donors (Lipinski definition) is 1. The van der Waals surface area contributed by atoms with Crippen LogP contribution in [-0.4, -0.2) is 61.7 Å². The van der Waals surface area contributed by atoms with Gasteiger partial charge in [0.1, 0.15) is 10.6 Å². The van der Waals surface area contributed by atoms with Gasteiger partial charge in [-0.25, -0.2) is 8.42 Å². The van der Waals surface area contributed by atoms with Gasteiger partial charge in [-0.2, -0.15) is 4.31 Å². The summed E-state index contributed by atoms with van der Waals surface area (Å²) in [6, 6.07) is 8.28. The zero-order chi connectivity index (χ0) is 23.2. The predicted octanol–water partition coefficient (Wildman–Crippen LogP) is 2.82. The lowest BCUT2D eigenvalue weighted by molar-refractivity contribution is -0.122. The van der Waals surface area contributed by atoms with Crippen LogP contribution in [0.4, 0.5) is 5.69 Å².